The Morgan fingerprint density at radius 2 is 2.17 bits per heavy atom. The normalized spacial score (nSPS) is 23.0. The Labute approximate surface area is 115 Å². The van der Waals surface area contributed by atoms with Gasteiger partial charge in [-0.05, 0) is 37.6 Å². The van der Waals surface area contributed by atoms with Gasteiger partial charge in [-0.15, -0.1) is 0 Å². The van der Waals surface area contributed by atoms with Gasteiger partial charge in [-0.1, -0.05) is 15.9 Å². The molecule has 4 nitrogen and oxygen atoms in total. The lowest BCUT2D eigenvalue weighted by Crippen LogP contribution is -2.46. The van der Waals surface area contributed by atoms with Crippen LogP contribution in [0.25, 0.3) is 0 Å². The van der Waals surface area contributed by atoms with Gasteiger partial charge in [0.05, 0.1) is 13.2 Å². The van der Waals surface area contributed by atoms with Crippen molar-refractivity contribution in [2.45, 2.75) is 18.9 Å². The van der Waals surface area contributed by atoms with Crippen molar-refractivity contribution < 1.29 is 9.53 Å². The Kier molecular flexibility index (Phi) is 4.37. The van der Waals surface area contributed by atoms with Crippen LogP contribution in [0.1, 0.15) is 13.3 Å². The van der Waals surface area contributed by atoms with Gasteiger partial charge in [-0.3, -0.25) is 4.79 Å². The summed E-state index contributed by atoms with van der Waals surface area (Å²) in [7, 11) is 0. The second-order valence-electron chi connectivity index (χ2n) is 4.77. The molecule has 1 aliphatic rings. The molecule has 1 aliphatic heterocycles. The minimum Gasteiger partial charge on any atom is -0.379 e. The second kappa shape index (κ2) is 5.82. The molecular formula is C13H17BrN2O2. The van der Waals surface area contributed by atoms with Crippen molar-refractivity contribution in [1.82, 2.24) is 5.32 Å². The molecule has 1 saturated heterocycles. The smallest absolute Gasteiger partial charge is 0.238 e. The van der Waals surface area contributed by atoms with E-state index in [1.165, 1.54) is 0 Å². The van der Waals surface area contributed by atoms with Gasteiger partial charge in [0.15, 0.2) is 0 Å². The molecule has 5 heteroatoms. The summed E-state index contributed by atoms with van der Waals surface area (Å²) in [5.41, 5.74) is 0.731. The Hall–Kier alpha value is -0.910. The summed E-state index contributed by atoms with van der Waals surface area (Å²) in [6.07, 6.45) is 0.943. The van der Waals surface area contributed by atoms with E-state index in [1.807, 2.05) is 24.3 Å². The zero-order valence-electron chi connectivity index (χ0n) is 10.3. The Morgan fingerprint density at radius 1 is 1.44 bits per heavy atom. The second-order valence-corrected chi connectivity index (χ2v) is 5.69. The molecule has 1 unspecified atom stereocenters. The van der Waals surface area contributed by atoms with E-state index in [4.69, 9.17) is 4.74 Å². The number of carbonyl (C=O) groups excluding carboxylic acids is 1. The first kappa shape index (κ1) is 13.5. The fourth-order valence-electron chi connectivity index (χ4n) is 1.84. The van der Waals surface area contributed by atoms with Crippen molar-refractivity contribution in [3.05, 3.63) is 28.7 Å². The van der Waals surface area contributed by atoms with Crippen molar-refractivity contribution in [2.24, 2.45) is 0 Å². The maximum absolute atomic E-state index is 11.8. The summed E-state index contributed by atoms with van der Waals surface area (Å²) in [6, 6.07) is 7.52. The van der Waals surface area contributed by atoms with Gasteiger partial charge < -0.3 is 15.4 Å². The summed E-state index contributed by atoms with van der Waals surface area (Å²) in [5, 5.41) is 6.09. The van der Waals surface area contributed by atoms with Crippen molar-refractivity contribution in [3.8, 4) is 0 Å². The molecule has 1 aromatic carbocycles. The average Bonchev–Trinajstić information content (AvgIpc) is 2.78. The molecule has 1 amide bonds. The van der Waals surface area contributed by atoms with Crippen LogP contribution in [0, 0.1) is 0 Å². The van der Waals surface area contributed by atoms with Crippen molar-refractivity contribution in [2.75, 3.05) is 25.1 Å². The standard InChI is InChI=1S/C13H17BrN2O2/c1-13(6-7-18-9-13)15-8-12(17)16-11-4-2-10(14)3-5-11/h2-5,15H,6-9H2,1H3,(H,16,17). The fourth-order valence-corrected chi connectivity index (χ4v) is 2.10. The van der Waals surface area contributed by atoms with E-state index < -0.39 is 0 Å². The van der Waals surface area contributed by atoms with Gasteiger partial charge in [0.25, 0.3) is 0 Å². The van der Waals surface area contributed by atoms with Crippen LogP contribution in [0.5, 0.6) is 0 Å². The highest BCUT2D eigenvalue weighted by atomic mass is 79.9. The number of nitrogens with one attached hydrogen (secondary N) is 2. The number of rotatable bonds is 4. The Morgan fingerprint density at radius 3 is 2.78 bits per heavy atom. The number of benzene rings is 1. The van der Waals surface area contributed by atoms with Crippen molar-refractivity contribution >= 4 is 27.5 Å². The van der Waals surface area contributed by atoms with Crippen LogP contribution in [-0.4, -0.2) is 31.2 Å². The van der Waals surface area contributed by atoms with Crippen LogP contribution < -0.4 is 10.6 Å². The van der Waals surface area contributed by atoms with E-state index in [9.17, 15) is 4.79 Å². The van der Waals surface area contributed by atoms with E-state index >= 15 is 0 Å². The molecule has 2 N–H and O–H groups in total. The monoisotopic (exact) mass is 312 g/mol. The lowest BCUT2D eigenvalue weighted by molar-refractivity contribution is -0.115. The molecule has 1 fully saturated rings. The van der Waals surface area contributed by atoms with Crippen molar-refractivity contribution in [1.29, 1.82) is 0 Å². The van der Waals surface area contributed by atoms with E-state index in [1.54, 1.807) is 0 Å². The fraction of sp³-hybridized carbons (Fsp3) is 0.462. The molecule has 0 saturated carbocycles. The number of hydrogen-bond acceptors (Lipinski definition) is 3. The maximum atomic E-state index is 11.8. The van der Waals surface area contributed by atoms with E-state index in [0.29, 0.717) is 13.2 Å². The highest BCUT2D eigenvalue weighted by Gasteiger charge is 2.29. The van der Waals surface area contributed by atoms with E-state index in [-0.39, 0.29) is 11.4 Å². The zero-order chi connectivity index (χ0) is 13.0. The highest BCUT2D eigenvalue weighted by molar-refractivity contribution is 9.10. The molecule has 2 rings (SSSR count). The summed E-state index contributed by atoms with van der Waals surface area (Å²) in [4.78, 5) is 11.8. The van der Waals surface area contributed by atoms with Gasteiger partial charge in [0.2, 0.25) is 5.91 Å². The van der Waals surface area contributed by atoms with Gasteiger partial charge in [-0.25, -0.2) is 0 Å². The Bertz CT molecular complexity index is 414. The van der Waals surface area contributed by atoms with E-state index in [0.717, 1.165) is 23.2 Å². The van der Waals surface area contributed by atoms with Crippen molar-refractivity contribution in [3.63, 3.8) is 0 Å². The molecule has 18 heavy (non-hydrogen) atoms. The van der Waals surface area contributed by atoms with Crippen LogP contribution in [0.4, 0.5) is 5.69 Å². The topological polar surface area (TPSA) is 50.4 Å². The molecule has 0 bridgehead atoms. The summed E-state index contributed by atoms with van der Waals surface area (Å²) in [5.74, 6) is -0.0366. The first-order valence-corrected chi connectivity index (χ1v) is 6.75. The third kappa shape index (κ3) is 3.80. The SMILES string of the molecule is CC1(NCC(=O)Nc2ccc(Br)cc2)CCOC1. The van der Waals surface area contributed by atoms with Gasteiger partial charge in [0, 0.05) is 22.3 Å². The molecule has 1 atom stereocenters. The molecule has 1 aromatic rings. The van der Waals surface area contributed by atoms with Crippen LogP contribution in [0.2, 0.25) is 0 Å². The van der Waals surface area contributed by atoms with Crippen LogP contribution in [0.3, 0.4) is 0 Å². The third-order valence-corrected chi connectivity index (χ3v) is 3.55. The zero-order valence-corrected chi connectivity index (χ0v) is 11.9. The largest absolute Gasteiger partial charge is 0.379 e. The third-order valence-electron chi connectivity index (χ3n) is 3.02. The van der Waals surface area contributed by atoms with Gasteiger partial charge in [0.1, 0.15) is 0 Å². The molecule has 0 spiro atoms. The quantitative estimate of drug-likeness (QED) is 0.895. The first-order chi connectivity index (χ1) is 8.57. The van der Waals surface area contributed by atoms with Gasteiger partial charge >= 0.3 is 0 Å². The van der Waals surface area contributed by atoms with Crippen LogP contribution >= 0.6 is 15.9 Å². The number of carbonyl (C=O) groups is 1. The minimum absolute atomic E-state index is 0.0366. The van der Waals surface area contributed by atoms with E-state index in [2.05, 4.69) is 33.5 Å². The first-order valence-electron chi connectivity index (χ1n) is 5.96. The summed E-state index contributed by atoms with van der Waals surface area (Å²) >= 11 is 3.36. The number of anilines is 1. The lowest BCUT2D eigenvalue weighted by Gasteiger charge is -2.23. The maximum Gasteiger partial charge on any atom is 0.238 e. The summed E-state index contributed by atoms with van der Waals surface area (Å²) < 4.78 is 6.32. The number of ether oxygens (including phenoxy) is 1. The molecule has 0 aromatic heterocycles. The Balaban J connectivity index is 1.80. The molecule has 0 aliphatic carbocycles. The molecule has 98 valence electrons. The molecule has 1 heterocycles. The number of halogens is 1. The highest BCUT2D eigenvalue weighted by Crippen LogP contribution is 2.17. The lowest BCUT2D eigenvalue weighted by atomic mass is 10.0. The molecular weight excluding hydrogens is 296 g/mol. The van der Waals surface area contributed by atoms with Crippen LogP contribution in [0.15, 0.2) is 28.7 Å². The van der Waals surface area contributed by atoms with Gasteiger partial charge in [-0.2, -0.15) is 0 Å². The predicted octanol–water partition coefficient (Wildman–Crippen LogP) is 2.16. The summed E-state index contributed by atoms with van der Waals surface area (Å²) in [6.45, 7) is 3.80. The average molecular weight is 313 g/mol. The predicted molar refractivity (Wildman–Crippen MR) is 74.6 cm³/mol. The van der Waals surface area contributed by atoms with Crippen LogP contribution in [-0.2, 0) is 9.53 Å². The minimum atomic E-state index is -0.0724. The number of amides is 1. The number of hydrogen-bond donors (Lipinski definition) is 2. The molecule has 0 radical (unpaired) electrons.